The molecule has 3 nitrogen and oxygen atoms in total. The van der Waals surface area contributed by atoms with Crippen LogP contribution in [0.25, 0.3) is 0 Å². The molecule has 1 fully saturated rings. The third-order valence-electron chi connectivity index (χ3n) is 4.56. The molecule has 2 aromatic carbocycles. The van der Waals surface area contributed by atoms with Crippen LogP contribution < -0.4 is 4.74 Å². The van der Waals surface area contributed by atoms with Gasteiger partial charge >= 0.3 is 0 Å². The molecule has 1 N–H and O–H groups in total. The van der Waals surface area contributed by atoms with Gasteiger partial charge in [-0.25, -0.2) is 0 Å². The second-order valence-corrected chi connectivity index (χ2v) is 6.33. The van der Waals surface area contributed by atoms with E-state index in [1.165, 1.54) is 18.4 Å². The topological polar surface area (TPSA) is 32.7 Å². The summed E-state index contributed by atoms with van der Waals surface area (Å²) in [5, 5.41) is 9.62. The van der Waals surface area contributed by atoms with E-state index in [9.17, 15) is 5.11 Å². The molecule has 3 heteroatoms. The maximum Gasteiger partial charge on any atom is 0.127 e. The Hall–Kier alpha value is -1.84. The van der Waals surface area contributed by atoms with E-state index >= 15 is 0 Å². The normalized spacial score (nSPS) is 17.8. The van der Waals surface area contributed by atoms with Gasteiger partial charge in [0.2, 0.25) is 0 Å². The molecule has 1 aliphatic rings. The number of hydrogen-bond donors (Lipinski definition) is 1. The maximum atomic E-state index is 9.62. The van der Waals surface area contributed by atoms with Crippen molar-refractivity contribution >= 4 is 0 Å². The van der Waals surface area contributed by atoms with Crippen molar-refractivity contribution in [1.82, 2.24) is 4.90 Å². The quantitative estimate of drug-likeness (QED) is 0.866. The Morgan fingerprint density at radius 1 is 0.957 bits per heavy atom. The monoisotopic (exact) mass is 311 g/mol. The van der Waals surface area contributed by atoms with E-state index < -0.39 is 0 Å². The van der Waals surface area contributed by atoms with Crippen LogP contribution in [-0.2, 0) is 0 Å². The molecule has 1 aliphatic heterocycles. The van der Waals surface area contributed by atoms with E-state index in [1.807, 2.05) is 42.5 Å². The maximum absolute atomic E-state index is 9.62. The average molecular weight is 311 g/mol. The van der Waals surface area contributed by atoms with Crippen LogP contribution in [0.2, 0.25) is 0 Å². The summed E-state index contributed by atoms with van der Waals surface area (Å²) < 4.78 is 5.86. The first-order valence-electron chi connectivity index (χ1n) is 8.45. The highest BCUT2D eigenvalue weighted by Gasteiger charge is 2.27. The van der Waals surface area contributed by atoms with Crippen molar-refractivity contribution in [2.75, 3.05) is 19.7 Å². The van der Waals surface area contributed by atoms with Crippen LogP contribution in [0.1, 0.15) is 31.4 Å². The molecule has 0 radical (unpaired) electrons. The van der Waals surface area contributed by atoms with Crippen LogP contribution in [0.15, 0.2) is 54.6 Å². The minimum Gasteiger partial charge on any atom is -0.457 e. The molecule has 2 aromatic rings. The Bertz CT molecular complexity index is 591. The Morgan fingerprint density at radius 3 is 2.17 bits per heavy atom. The lowest BCUT2D eigenvalue weighted by atomic mass is 9.93. The van der Waals surface area contributed by atoms with Crippen molar-refractivity contribution in [2.24, 2.45) is 5.92 Å². The molecular formula is C20H25NO2. The summed E-state index contributed by atoms with van der Waals surface area (Å²) in [6.07, 6.45) is 2.51. The van der Waals surface area contributed by atoms with Crippen LogP contribution in [-0.4, -0.2) is 29.7 Å². The highest BCUT2D eigenvalue weighted by atomic mass is 16.5. The molecule has 23 heavy (non-hydrogen) atoms. The molecule has 0 spiro atoms. The predicted molar refractivity (Wildman–Crippen MR) is 92.8 cm³/mol. The lowest BCUT2D eigenvalue weighted by Gasteiger charge is -2.32. The fraction of sp³-hybridized carbons (Fsp3) is 0.400. The summed E-state index contributed by atoms with van der Waals surface area (Å²) in [4.78, 5) is 2.49. The molecule has 3 rings (SSSR count). The molecule has 1 saturated heterocycles. The number of nitrogens with zero attached hydrogens (tertiary/aromatic N) is 1. The molecular weight excluding hydrogens is 286 g/mol. The number of aliphatic hydroxyl groups excluding tert-OH is 1. The summed E-state index contributed by atoms with van der Waals surface area (Å²) in [5.74, 6) is 1.92. The summed E-state index contributed by atoms with van der Waals surface area (Å²) in [5.41, 5.74) is 1.26. The number of para-hydroxylation sites is 1. The molecule has 0 aliphatic carbocycles. The van der Waals surface area contributed by atoms with Gasteiger partial charge < -0.3 is 9.84 Å². The van der Waals surface area contributed by atoms with E-state index in [1.54, 1.807) is 0 Å². The highest BCUT2D eigenvalue weighted by molar-refractivity contribution is 5.34. The van der Waals surface area contributed by atoms with Gasteiger partial charge in [-0.05, 0) is 61.7 Å². The van der Waals surface area contributed by atoms with Gasteiger partial charge in [0.25, 0.3) is 0 Å². The first kappa shape index (κ1) is 16.0. The molecule has 122 valence electrons. The summed E-state index contributed by atoms with van der Waals surface area (Å²) in [6, 6.07) is 18.4. The largest absolute Gasteiger partial charge is 0.457 e. The van der Waals surface area contributed by atoms with Gasteiger partial charge in [0.15, 0.2) is 0 Å². The average Bonchev–Trinajstić information content (AvgIpc) is 3.11. The molecule has 1 heterocycles. The number of benzene rings is 2. The second kappa shape index (κ2) is 7.62. The number of rotatable bonds is 6. The van der Waals surface area contributed by atoms with Crippen LogP contribution in [0.4, 0.5) is 0 Å². The number of likely N-dealkylation sites (tertiary alicyclic amines) is 1. The van der Waals surface area contributed by atoms with Crippen molar-refractivity contribution in [3.63, 3.8) is 0 Å². The van der Waals surface area contributed by atoms with Gasteiger partial charge in [0.05, 0.1) is 0 Å². The molecule has 2 atom stereocenters. The lowest BCUT2D eigenvalue weighted by molar-refractivity contribution is 0.126. The number of aliphatic hydroxyl groups is 1. The molecule has 0 aromatic heterocycles. The van der Waals surface area contributed by atoms with Crippen molar-refractivity contribution < 1.29 is 9.84 Å². The van der Waals surface area contributed by atoms with E-state index in [-0.39, 0.29) is 18.6 Å². The van der Waals surface area contributed by atoms with Gasteiger partial charge in [0, 0.05) is 12.6 Å². The van der Waals surface area contributed by atoms with Crippen molar-refractivity contribution in [3.05, 3.63) is 60.2 Å². The van der Waals surface area contributed by atoms with Gasteiger partial charge in [-0.1, -0.05) is 37.3 Å². The zero-order valence-electron chi connectivity index (χ0n) is 13.7. The van der Waals surface area contributed by atoms with Crippen molar-refractivity contribution in [3.8, 4) is 11.5 Å². The molecule has 0 amide bonds. The Balaban J connectivity index is 1.76. The zero-order valence-corrected chi connectivity index (χ0v) is 13.7. The fourth-order valence-electron chi connectivity index (χ4n) is 3.38. The summed E-state index contributed by atoms with van der Waals surface area (Å²) in [7, 11) is 0. The van der Waals surface area contributed by atoms with Crippen LogP contribution in [0.3, 0.4) is 0 Å². The first-order chi connectivity index (χ1) is 11.3. The van der Waals surface area contributed by atoms with Crippen LogP contribution >= 0.6 is 0 Å². The number of hydrogen-bond acceptors (Lipinski definition) is 3. The zero-order chi connectivity index (χ0) is 16.1. The summed E-state index contributed by atoms with van der Waals surface area (Å²) >= 11 is 0. The predicted octanol–water partition coefficient (Wildman–Crippen LogP) is 4.24. The van der Waals surface area contributed by atoms with Gasteiger partial charge in [-0.15, -0.1) is 0 Å². The third kappa shape index (κ3) is 3.92. The minimum atomic E-state index is 0.212. The molecule has 0 bridgehead atoms. The minimum absolute atomic E-state index is 0.212. The SMILES string of the molecule is CC(CO)C(c1ccc(Oc2ccccc2)cc1)N1CCCC1. The lowest BCUT2D eigenvalue weighted by Crippen LogP contribution is -2.31. The van der Waals surface area contributed by atoms with Crippen molar-refractivity contribution in [1.29, 1.82) is 0 Å². The fourth-order valence-corrected chi connectivity index (χ4v) is 3.38. The van der Waals surface area contributed by atoms with Crippen molar-refractivity contribution in [2.45, 2.75) is 25.8 Å². The smallest absolute Gasteiger partial charge is 0.127 e. The van der Waals surface area contributed by atoms with Gasteiger partial charge in [0.1, 0.15) is 11.5 Å². The highest BCUT2D eigenvalue weighted by Crippen LogP contribution is 2.33. The Kier molecular flexibility index (Phi) is 5.31. The van der Waals surface area contributed by atoms with Crippen LogP contribution in [0.5, 0.6) is 11.5 Å². The third-order valence-corrected chi connectivity index (χ3v) is 4.56. The van der Waals surface area contributed by atoms with E-state index in [2.05, 4.69) is 24.0 Å². The van der Waals surface area contributed by atoms with Crippen LogP contribution in [0, 0.1) is 5.92 Å². The molecule has 2 unspecified atom stereocenters. The van der Waals surface area contributed by atoms with Gasteiger partial charge in [-0.2, -0.15) is 0 Å². The number of ether oxygens (including phenoxy) is 1. The second-order valence-electron chi connectivity index (χ2n) is 6.33. The van der Waals surface area contributed by atoms with E-state index in [0.29, 0.717) is 0 Å². The Morgan fingerprint density at radius 2 is 1.57 bits per heavy atom. The van der Waals surface area contributed by atoms with Gasteiger partial charge in [-0.3, -0.25) is 4.90 Å². The van der Waals surface area contributed by atoms with E-state index in [4.69, 9.17) is 4.74 Å². The summed E-state index contributed by atoms with van der Waals surface area (Å²) in [6.45, 7) is 4.58. The van der Waals surface area contributed by atoms with E-state index in [0.717, 1.165) is 24.6 Å². The molecule has 0 saturated carbocycles. The Labute approximate surface area is 138 Å². The first-order valence-corrected chi connectivity index (χ1v) is 8.45. The standard InChI is InChI=1S/C20H25NO2/c1-16(15-22)20(21-13-5-6-14-21)17-9-11-19(12-10-17)23-18-7-3-2-4-8-18/h2-4,7-12,16,20,22H,5-6,13-15H2,1H3.